The van der Waals surface area contributed by atoms with E-state index in [-0.39, 0.29) is 6.61 Å². The molecular formula is C6H12N3O5P. The molecule has 2 unspecified atom stereocenters. The molecule has 0 saturated carbocycles. The van der Waals surface area contributed by atoms with Crippen molar-refractivity contribution >= 4 is 7.60 Å². The molecule has 1 aromatic rings. The minimum absolute atomic E-state index is 0.199. The number of aliphatic hydroxyl groups excluding tert-OH is 1. The van der Waals surface area contributed by atoms with Gasteiger partial charge in [-0.15, -0.1) is 0 Å². The van der Waals surface area contributed by atoms with Crippen molar-refractivity contribution in [1.82, 2.24) is 14.8 Å². The molecule has 1 heterocycles. The highest BCUT2D eigenvalue weighted by Gasteiger charge is 2.32. The van der Waals surface area contributed by atoms with E-state index in [9.17, 15) is 4.57 Å². The third-order valence-corrected chi connectivity index (χ3v) is 2.40. The monoisotopic (exact) mass is 237 g/mol. The van der Waals surface area contributed by atoms with E-state index in [1.54, 1.807) is 0 Å². The summed E-state index contributed by atoms with van der Waals surface area (Å²) < 4.78 is 16.8. The second-order valence-electron chi connectivity index (χ2n) is 2.97. The molecule has 2 atom stereocenters. The molecule has 15 heavy (non-hydrogen) atoms. The number of nitrogens with zero attached hydrogens (tertiary/aromatic N) is 3. The molecule has 0 fully saturated rings. The average molecular weight is 237 g/mol. The first-order valence-corrected chi connectivity index (χ1v) is 5.78. The average Bonchev–Trinajstić information content (AvgIpc) is 2.54. The topological polar surface area (TPSA) is 118 Å². The number of hydrogen-bond donors (Lipinski definition) is 3. The maximum atomic E-state index is 11.0. The van der Waals surface area contributed by atoms with Crippen LogP contribution < -0.4 is 0 Å². The molecule has 9 heteroatoms. The Morgan fingerprint density at radius 3 is 2.67 bits per heavy atom. The highest BCUT2D eigenvalue weighted by molar-refractivity contribution is 7.51. The summed E-state index contributed by atoms with van der Waals surface area (Å²) in [6.45, 7) is 1.24. The SMILES string of the molecule is CC(O)COC(n1cncn1)P(=O)(O)O. The van der Waals surface area contributed by atoms with Crippen LogP contribution in [0.25, 0.3) is 0 Å². The Balaban J connectivity index is 2.76. The standard InChI is InChI=1S/C6H12N3O5P/c1-5(10)2-14-6(15(11,12)13)9-4-7-3-8-9/h3-6,10H,2H2,1H3,(H2,11,12,13). The Hall–Kier alpha value is -0.790. The summed E-state index contributed by atoms with van der Waals surface area (Å²) >= 11 is 0. The highest BCUT2D eigenvalue weighted by Crippen LogP contribution is 2.48. The quantitative estimate of drug-likeness (QED) is 0.580. The van der Waals surface area contributed by atoms with Crippen molar-refractivity contribution in [3.63, 3.8) is 0 Å². The smallest absolute Gasteiger partial charge is 0.376 e. The maximum absolute atomic E-state index is 11.0. The third kappa shape index (κ3) is 3.69. The highest BCUT2D eigenvalue weighted by atomic mass is 31.2. The molecule has 0 spiro atoms. The van der Waals surface area contributed by atoms with Crippen molar-refractivity contribution in [2.75, 3.05) is 6.61 Å². The van der Waals surface area contributed by atoms with E-state index in [0.29, 0.717) is 0 Å². The molecular weight excluding hydrogens is 225 g/mol. The van der Waals surface area contributed by atoms with Crippen molar-refractivity contribution < 1.29 is 24.2 Å². The first kappa shape index (κ1) is 12.3. The maximum Gasteiger partial charge on any atom is 0.376 e. The van der Waals surface area contributed by atoms with Crippen LogP contribution in [0.15, 0.2) is 12.7 Å². The zero-order valence-corrected chi connectivity index (χ0v) is 8.86. The van der Waals surface area contributed by atoms with Gasteiger partial charge in [-0.1, -0.05) is 0 Å². The van der Waals surface area contributed by atoms with Crippen LogP contribution in [0.4, 0.5) is 0 Å². The largest absolute Gasteiger partial charge is 0.391 e. The predicted molar refractivity (Wildman–Crippen MR) is 48.7 cm³/mol. The van der Waals surface area contributed by atoms with Crippen LogP contribution in [0.3, 0.4) is 0 Å². The Morgan fingerprint density at radius 1 is 1.60 bits per heavy atom. The second-order valence-corrected chi connectivity index (χ2v) is 4.59. The van der Waals surface area contributed by atoms with E-state index in [0.717, 1.165) is 17.3 Å². The van der Waals surface area contributed by atoms with E-state index in [2.05, 4.69) is 10.1 Å². The van der Waals surface area contributed by atoms with E-state index in [1.807, 2.05) is 0 Å². The first-order valence-electron chi connectivity index (χ1n) is 4.10. The minimum Gasteiger partial charge on any atom is -0.391 e. The normalized spacial score (nSPS) is 16.3. The van der Waals surface area contributed by atoms with Crippen LogP contribution in [0.1, 0.15) is 12.9 Å². The summed E-state index contributed by atoms with van der Waals surface area (Å²) in [6.07, 6.45) is 1.45. The van der Waals surface area contributed by atoms with Gasteiger partial charge in [0.15, 0.2) is 0 Å². The zero-order valence-electron chi connectivity index (χ0n) is 7.96. The summed E-state index contributed by atoms with van der Waals surface area (Å²) in [5, 5.41) is 12.5. The van der Waals surface area contributed by atoms with Crippen molar-refractivity contribution in [2.45, 2.75) is 19.0 Å². The third-order valence-electron chi connectivity index (χ3n) is 1.44. The van der Waals surface area contributed by atoms with Gasteiger partial charge in [0.2, 0.25) is 0 Å². The summed E-state index contributed by atoms with van der Waals surface area (Å²) in [4.78, 5) is 21.5. The van der Waals surface area contributed by atoms with Gasteiger partial charge < -0.3 is 19.6 Å². The lowest BCUT2D eigenvalue weighted by Gasteiger charge is -2.19. The second kappa shape index (κ2) is 4.82. The Morgan fingerprint density at radius 2 is 2.27 bits per heavy atom. The molecule has 0 aromatic carbocycles. The van der Waals surface area contributed by atoms with Gasteiger partial charge in [-0.05, 0) is 6.92 Å². The van der Waals surface area contributed by atoms with Gasteiger partial charge in [-0.2, -0.15) is 5.10 Å². The number of rotatable bonds is 5. The molecule has 0 aliphatic heterocycles. The van der Waals surface area contributed by atoms with E-state index < -0.39 is 19.7 Å². The fourth-order valence-corrected chi connectivity index (χ4v) is 1.59. The summed E-state index contributed by atoms with van der Waals surface area (Å²) in [5.74, 6) is -1.55. The fourth-order valence-electron chi connectivity index (χ4n) is 0.884. The minimum atomic E-state index is -4.49. The van der Waals surface area contributed by atoms with Crippen molar-refractivity contribution in [2.24, 2.45) is 0 Å². The summed E-state index contributed by atoms with van der Waals surface area (Å²) in [5.41, 5.74) is 0. The number of aliphatic hydroxyl groups is 1. The van der Waals surface area contributed by atoms with Gasteiger partial charge in [0, 0.05) is 0 Å². The number of ether oxygens (including phenoxy) is 1. The molecule has 0 bridgehead atoms. The molecule has 0 saturated heterocycles. The molecule has 8 nitrogen and oxygen atoms in total. The van der Waals surface area contributed by atoms with Gasteiger partial charge in [-0.25, -0.2) is 9.67 Å². The van der Waals surface area contributed by atoms with Gasteiger partial charge in [0.25, 0.3) is 5.97 Å². The Labute approximate surface area is 85.7 Å². The lowest BCUT2D eigenvalue weighted by Crippen LogP contribution is -2.19. The lowest BCUT2D eigenvalue weighted by atomic mass is 10.4. The van der Waals surface area contributed by atoms with Crippen LogP contribution in [-0.2, 0) is 9.30 Å². The number of aromatic nitrogens is 3. The van der Waals surface area contributed by atoms with Crippen LogP contribution in [0, 0.1) is 0 Å². The zero-order chi connectivity index (χ0) is 11.5. The van der Waals surface area contributed by atoms with Gasteiger partial charge >= 0.3 is 7.60 Å². The Bertz CT molecular complexity index is 335. The van der Waals surface area contributed by atoms with Crippen LogP contribution in [0.5, 0.6) is 0 Å². The molecule has 0 aliphatic rings. The Kier molecular flexibility index (Phi) is 3.95. The first-order chi connectivity index (χ1) is 6.91. The fraction of sp³-hybridized carbons (Fsp3) is 0.667. The van der Waals surface area contributed by atoms with E-state index in [4.69, 9.17) is 19.6 Å². The molecule has 1 aromatic heterocycles. The van der Waals surface area contributed by atoms with Gasteiger partial charge in [-0.3, -0.25) is 4.57 Å². The molecule has 0 amide bonds. The van der Waals surface area contributed by atoms with E-state index in [1.165, 1.54) is 6.92 Å². The van der Waals surface area contributed by atoms with Crippen molar-refractivity contribution in [3.05, 3.63) is 12.7 Å². The molecule has 0 aliphatic carbocycles. The summed E-state index contributed by atoms with van der Waals surface area (Å²) in [6, 6.07) is 0. The summed E-state index contributed by atoms with van der Waals surface area (Å²) in [7, 11) is -4.49. The van der Waals surface area contributed by atoms with Crippen LogP contribution >= 0.6 is 7.60 Å². The van der Waals surface area contributed by atoms with E-state index >= 15 is 0 Å². The predicted octanol–water partition coefficient (Wildman–Crippen LogP) is -0.691. The lowest BCUT2D eigenvalue weighted by molar-refractivity contribution is -0.0139. The van der Waals surface area contributed by atoms with Gasteiger partial charge in [0.1, 0.15) is 12.7 Å². The van der Waals surface area contributed by atoms with Crippen molar-refractivity contribution in [3.8, 4) is 0 Å². The van der Waals surface area contributed by atoms with Crippen LogP contribution in [0.2, 0.25) is 0 Å². The molecule has 86 valence electrons. The van der Waals surface area contributed by atoms with Crippen molar-refractivity contribution in [1.29, 1.82) is 0 Å². The molecule has 3 N–H and O–H groups in total. The van der Waals surface area contributed by atoms with Gasteiger partial charge in [0.05, 0.1) is 12.7 Å². The van der Waals surface area contributed by atoms with Crippen LogP contribution in [-0.4, -0.2) is 42.4 Å². The molecule has 1 rings (SSSR count). The molecule has 0 radical (unpaired) electrons. The number of hydrogen-bond acceptors (Lipinski definition) is 5.